The summed E-state index contributed by atoms with van der Waals surface area (Å²) in [4.78, 5) is 24.6. The fraction of sp³-hybridized carbons (Fsp3) is 0.263. The molecule has 2 aromatic rings. The Morgan fingerprint density at radius 2 is 1.65 bits per heavy atom. The Balaban J connectivity index is 2.17. The van der Waals surface area contributed by atoms with Crippen LogP contribution < -0.4 is 0 Å². The zero-order chi connectivity index (χ0) is 17.1. The molecule has 120 valence electrons. The first kappa shape index (κ1) is 16.7. The predicted octanol–water partition coefficient (Wildman–Crippen LogP) is 3.75. The molecule has 1 atom stereocenters. The number of carbonyl (C=O) groups is 2. The highest BCUT2D eigenvalue weighted by molar-refractivity contribution is 6.02. The zero-order valence-corrected chi connectivity index (χ0v) is 13.7. The summed E-state index contributed by atoms with van der Waals surface area (Å²) in [6.45, 7) is 7.35. The SMILES string of the molecule is Cc1cc(C)c(C(=O)C(C)OC(=O)c2cccc(O)c2)cc1C. The van der Waals surface area contributed by atoms with Gasteiger partial charge >= 0.3 is 5.97 Å². The number of ketones is 1. The van der Waals surface area contributed by atoms with Gasteiger partial charge in [0.15, 0.2) is 6.10 Å². The molecule has 0 heterocycles. The highest BCUT2D eigenvalue weighted by Crippen LogP contribution is 2.19. The third kappa shape index (κ3) is 3.77. The largest absolute Gasteiger partial charge is 0.508 e. The number of aromatic hydroxyl groups is 1. The van der Waals surface area contributed by atoms with Crippen LogP contribution in [0.25, 0.3) is 0 Å². The molecule has 0 aromatic heterocycles. The predicted molar refractivity (Wildman–Crippen MR) is 88.0 cm³/mol. The molecule has 0 saturated carbocycles. The molecule has 0 aliphatic rings. The first-order valence-electron chi connectivity index (χ1n) is 7.41. The van der Waals surface area contributed by atoms with Crippen molar-refractivity contribution in [2.75, 3.05) is 0 Å². The Hall–Kier alpha value is -2.62. The molecule has 2 aromatic carbocycles. The van der Waals surface area contributed by atoms with Crippen molar-refractivity contribution in [3.05, 3.63) is 64.2 Å². The van der Waals surface area contributed by atoms with Crippen LogP contribution in [0, 0.1) is 20.8 Å². The fourth-order valence-corrected chi connectivity index (χ4v) is 2.36. The van der Waals surface area contributed by atoms with Gasteiger partial charge in [0, 0.05) is 5.56 Å². The fourth-order valence-electron chi connectivity index (χ4n) is 2.36. The van der Waals surface area contributed by atoms with Gasteiger partial charge < -0.3 is 9.84 Å². The molecule has 0 fully saturated rings. The summed E-state index contributed by atoms with van der Waals surface area (Å²) in [7, 11) is 0. The first-order chi connectivity index (χ1) is 10.8. The van der Waals surface area contributed by atoms with E-state index in [9.17, 15) is 14.7 Å². The monoisotopic (exact) mass is 312 g/mol. The van der Waals surface area contributed by atoms with Crippen LogP contribution in [0.4, 0.5) is 0 Å². The molecule has 0 aliphatic heterocycles. The van der Waals surface area contributed by atoms with Gasteiger partial charge in [-0.2, -0.15) is 0 Å². The minimum absolute atomic E-state index is 0.0246. The lowest BCUT2D eigenvalue weighted by atomic mass is 9.96. The van der Waals surface area contributed by atoms with Crippen LogP contribution in [0.2, 0.25) is 0 Å². The lowest BCUT2D eigenvalue weighted by Gasteiger charge is -2.15. The Bertz CT molecular complexity index is 762. The van der Waals surface area contributed by atoms with Gasteiger partial charge in [-0.25, -0.2) is 4.79 Å². The van der Waals surface area contributed by atoms with E-state index in [4.69, 9.17) is 4.74 Å². The molecule has 2 rings (SSSR count). The molecule has 0 radical (unpaired) electrons. The number of carbonyl (C=O) groups excluding carboxylic acids is 2. The molecule has 0 bridgehead atoms. The maximum absolute atomic E-state index is 12.5. The third-order valence-electron chi connectivity index (χ3n) is 3.84. The van der Waals surface area contributed by atoms with Crippen LogP contribution in [0.5, 0.6) is 5.75 Å². The normalized spacial score (nSPS) is 11.8. The van der Waals surface area contributed by atoms with Gasteiger partial charge in [-0.3, -0.25) is 4.79 Å². The number of rotatable bonds is 4. The van der Waals surface area contributed by atoms with E-state index in [0.29, 0.717) is 5.56 Å². The molecule has 4 nitrogen and oxygen atoms in total. The van der Waals surface area contributed by atoms with E-state index in [2.05, 4.69) is 0 Å². The number of ether oxygens (including phenoxy) is 1. The summed E-state index contributed by atoms with van der Waals surface area (Å²) >= 11 is 0. The summed E-state index contributed by atoms with van der Waals surface area (Å²) in [5.41, 5.74) is 3.76. The van der Waals surface area contributed by atoms with Crippen LogP contribution in [0.15, 0.2) is 36.4 Å². The van der Waals surface area contributed by atoms with Gasteiger partial charge in [-0.1, -0.05) is 12.1 Å². The second-order valence-corrected chi connectivity index (χ2v) is 5.71. The molecular formula is C19H20O4. The molecule has 23 heavy (non-hydrogen) atoms. The highest BCUT2D eigenvalue weighted by atomic mass is 16.5. The lowest BCUT2D eigenvalue weighted by molar-refractivity contribution is 0.0318. The van der Waals surface area contributed by atoms with Crippen LogP contribution in [-0.2, 0) is 4.74 Å². The van der Waals surface area contributed by atoms with Gasteiger partial charge in [0.1, 0.15) is 5.75 Å². The number of phenolic OH excluding ortho intramolecular Hbond substituents is 1. The minimum Gasteiger partial charge on any atom is -0.508 e. The average Bonchev–Trinajstić information content (AvgIpc) is 2.50. The summed E-state index contributed by atoms with van der Waals surface area (Å²) in [6.07, 6.45) is -0.898. The van der Waals surface area contributed by atoms with Gasteiger partial charge in [-0.15, -0.1) is 0 Å². The Kier molecular flexibility index (Phi) is 4.84. The van der Waals surface area contributed by atoms with Gasteiger partial charge in [0.2, 0.25) is 5.78 Å². The quantitative estimate of drug-likeness (QED) is 0.690. The van der Waals surface area contributed by atoms with E-state index >= 15 is 0 Å². The van der Waals surface area contributed by atoms with E-state index in [1.165, 1.54) is 18.2 Å². The maximum Gasteiger partial charge on any atom is 0.338 e. The van der Waals surface area contributed by atoms with E-state index in [0.717, 1.165) is 16.7 Å². The van der Waals surface area contributed by atoms with Crippen molar-refractivity contribution < 1.29 is 19.4 Å². The van der Waals surface area contributed by atoms with E-state index in [1.54, 1.807) is 13.0 Å². The van der Waals surface area contributed by atoms with Crippen LogP contribution >= 0.6 is 0 Å². The van der Waals surface area contributed by atoms with Crippen LogP contribution in [0.1, 0.15) is 44.3 Å². The Morgan fingerprint density at radius 1 is 1.00 bits per heavy atom. The molecule has 0 spiro atoms. The van der Waals surface area contributed by atoms with Gasteiger partial charge in [-0.05, 0) is 68.7 Å². The minimum atomic E-state index is -0.898. The van der Waals surface area contributed by atoms with Crippen molar-refractivity contribution in [1.29, 1.82) is 0 Å². The van der Waals surface area contributed by atoms with Crippen LogP contribution in [-0.4, -0.2) is 23.0 Å². The van der Waals surface area contributed by atoms with Gasteiger partial charge in [0.05, 0.1) is 5.56 Å². The van der Waals surface area contributed by atoms with E-state index in [1.807, 2.05) is 32.9 Å². The zero-order valence-electron chi connectivity index (χ0n) is 13.7. The van der Waals surface area contributed by atoms with Crippen molar-refractivity contribution in [1.82, 2.24) is 0 Å². The second-order valence-electron chi connectivity index (χ2n) is 5.71. The molecule has 4 heteroatoms. The van der Waals surface area contributed by atoms with Crippen LogP contribution in [0.3, 0.4) is 0 Å². The summed E-state index contributed by atoms with van der Waals surface area (Å²) in [5, 5.41) is 9.40. The molecular weight excluding hydrogens is 292 g/mol. The average molecular weight is 312 g/mol. The molecule has 1 unspecified atom stereocenters. The van der Waals surface area contributed by atoms with Crippen molar-refractivity contribution in [3.63, 3.8) is 0 Å². The second kappa shape index (κ2) is 6.65. The topological polar surface area (TPSA) is 63.6 Å². The molecule has 0 saturated heterocycles. The number of hydrogen-bond donors (Lipinski definition) is 1. The van der Waals surface area contributed by atoms with Crippen molar-refractivity contribution >= 4 is 11.8 Å². The number of hydrogen-bond acceptors (Lipinski definition) is 4. The third-order valence-corrected chi connectivity index (χ3v) is 3.84. The highest BCUT2D eigenvalue weighted by Gasteiger charge is 2.22. The summed E-state index contributed by atoms with van der Waals surface area (Å²) in [6, 6.07) is 9.62. The maximum atomic E-state index is 12.5. The van der Waals surface area contributed by atoms with Crippen molar-refractivity contribution in [2.24, 2.45) is 0 Å². The number of esters is 1. The summed E-state index contributed by atoms with van der Waals surface area (Å²) in [5.74, 6) is -0.897. The van der Waals surface area contributed by atoms with E-state index in [-0.39, 0.29) is 17.1 Å². The molecule has 0 aliphatic carbocycles. The van der Waals surface area contributed by atoms with Crippen molar-refractivity contribution in [3.8, 4) is 5.75 Å². The number of aryl methyl sites for hydroxylation is 3. The number of phenols is 1. The van der Waals surface area contributed by atoms with Crippen molar-refractivity contribution in [2.45, 2.75) is 33.8 Å². The van der Waals surface area contributed by atoms with E-state index < -0.39 is 12.1 Å². The lowest BCUT2D eigenvalue weighted by Crippen LogP contribution is -2.25. The standard InChI is InChI=1S/C19H20O4/c1-11-8-13(3)17(9-12(11)2)18(21)14(4)23-19(22)15-6-5-7-16(20)10-15/h5-10,14,20H,1-4H3. The Labute approximate surface area is 135 Å². The number of benzene rings is 2. The smallest absolute Gasteiger partial charge is 0.338 e. The summed E-state index contributed by atoms with van der Waals surface area (Å²) < 4.78 is 5.23. The Morgan fingerprint density at radius 3 is 2.30 bits per heavy atom. The molecule has 0 amide bonds. The number of Topliss-reactive ketones (excluding diaryl/α,β-unsaturated/α-hetero) is 1. The van der Waals surface area contributed by atoms with Gasteiger partial charge in [0.25, 0.3) is 0 Å². The molecule has 1 N–H and O–H groups in total. The first-order valence-corrected chi connectivity index (χ1v) is 7.41.